The zero-order valence-electron chi connectivity index (χ0n) is 21.8. The summed E-state index contributed by atoms with van der Waals surface area (Å²) in [7, 11) is 1.66. The lowest BCUT2D eigenvalue weighted by atomic mass is 9.98. The van der Waals surface area contributed by atoms with Gasteiger partial charge < -0.3 is 9.64 Å². The van der Waals surface area contributed by atoms with Gasteiger partial charge in [-0.3, -0.25) is 9.47 Å². The van der Waals surface area contributed by atoms with Crippen LogP contribution in [0.5, 0.6) is 5.75 Å². The molecule has 5 rings (SSSR count). The number of fused-ring (bicyclic) bond motifs is 1. The van der Waals surface area contributed by atoms with Crippen LogP contribution in [0, 0.1) is 23.1 Å². The highest BCUT2D eigenvalue weighted by Gasteiger charge is 2.36. The molecule has 2 aromatic heterocycles. The largest absolute Gasteiger partial charge is 0.493 e. The van der Waals surface area contributed by atoms with Gasteiger partial charge in [0.15, 0.2) is 5.82 Å². The van der Waals surface area contributed by atoms with E-state index in [1.54, 1.807) is 19.2 Å². The second kappa shape index (κ2) is 10.1. The highest BCUT2D eigenvalue weighted by atomic mass is 19.1. The van der Waals surface area contributed by atoms with E-state index >= 15 is 4.39 Å². The van der Waals surface area contributed by atoms with Gasteiger partial charge in [-0.25, -0.2) is 14.2 Å². The summed E-state index contributed by atoms with van der Waals surface area (Å²) in [5.41, 5.74) is 1.74. The molecule has 1 saturated carbocycles. The molecule has 1 aliphatic heterocycles. The van der Waals surface area contributed by atoms with Crippen LogP contribution in [0.3, 0.4) is 0 Å². The molecule has 0 N–H and O–H groups in total. The van der Waals surface area contributed by atoms with E-state index in [9.17, 15) is 10.1 Å². The van der Waals surface area contributed by atoms with Gasteiger partial charge in [-0.15, -0.1) is 0 Å². The summed E-state index contributed by atoms with van der Waals surface area (Å²) in [5, 5.41) is 9.39. The smallest absolute Gasteiger partial charge is 0.349 e. The molecule has 0 radical (unpaired) electrons. The predicted molar refractivity (Wildman–Crippen MR) is 140 cm³/mol. The van der Waals surface area contributed by atoms with Crippen molar-refractivity contribution in [1.29, 1.82) is 5.26 Å². The van der Waals surface area contributed by atoms with Crippen LogP contribution in [0.25, 0.3) is 11.0 Å². The maximum Gasteiger partial charge on any atom is 0.349 e. The van der Waals surface area contributed by atoms with Gasteiger partial charge in [0, 0.05) is 49.9 Å². The zero-order chi connectivity index (χ0) is 26.3. The van der Waals surface area contributed by atoms with Gasteiger partial charge in [0.2, 0.25) is 0 Å². The third kappa shape index (κ3) is 4.90. The predicted octanol–water partition coefficient (Wildman–Crippen LogP) is 4.18. The van der Waals surface area contributed by atoms with Crippen molar-refractivity contribution in [1.82, 2.24) is 19.4 Å². The fraction of sp³-hybridized carbons (Fsp3) is 0.500. The maximum atomic E-state index is 15.2. The van der Waals surface area contributed by atoms with Crippen LogP contribution in [0.2, 0.25) is 0 Å². The average molecular weight is 505 g/mol. The van der Waals surface area contributed by atoms with Crippen LogP contribution >= 0.6 is 0 Å². The van der Waals surface area contributed by atoms with Crippen molar-refractivity contribution < 1.29 is 9.13 Å². The molecule has 37 heavy (non-hydrogen) atoms. The molecular formula is C28H33FN6O2. The Morgan fingerprint density at radius 3 is 2.68 bits per heavy atom. The minimum atomic E-state index is -0.365. The molecule has 3 atom stereocenters. The molecule has 194 valence electrons. The fourth-order valence-electron chi connectivity index (χ4n) is 5.28. The van der Waals surface area contributed by atoms with Crippen LogP contribution in [0.4, 0.5) is 10.2 Å². The number of rotatable bonds is 7. The van der Waals surface area contributed by atoms with E-state index in [1.165, 1.54) is 23.5 Å². The molecule has 8 nitrogen and oxygen atoms in total. The molecule has 0 spiro atoms. The van der Waals surface area contributed by atoms with Crippen LogP contribution in [0.1, 0.15) is 57.3 Å². The van der Waals surface area contributed by atoms with Crippen molar-refractivity contribution in [3.8, 4) is 11.8 Å². The minimum absolute atomic E-state index is 0.00944. The Balaban J connectivity index is 1.42. The summed E-state index contributed by atoms with van der Waals surface area (Å²) in [4.78, 5) is 26.0. The Morgan fingerprint density at radius 2 is 2.00 bits per heavy atom. The van der Waals surface area contributed by atoms with E-state index in [0.717, 1.165) is 6.42 Å². The molecule has 2 unspecified atom stereocenters. The van der Waals surface area contributed by atoms with Crippen molar-refractivity contribution in [3.63, 3.8) is 0 Å². The SMILES string of the molecule is CCC1CN(c2nc(=O)n(C)c3ccc(C#N)nc23)[C@@H](C)CN1C(C)c1ccc(OCC2CC2)cc1F. The molecule has 2 fully saturated rings. The average Bonchev–Trinajstić information content (AvgIpc) is 3.73. The lowest BCUT2D eigenvalue weighted by Gasteiger charge is -2.48. The Bertz CT molecular complexity index is 1410. The Kier molecular flexibility index (Phi) is 6.86. The second-order valence-electron chi connectivity index (χ2n) is 10.3. The van der Waals surface area contributed by atoms with Crippen molar-refractivity contribution in [2.75, 3.05) is 24.6 Å². The Morgan fingerprint density at radius 1 is 1.22 bits per heavy atom. The van der Waals surface area contributed by atoms with E-state index in [1.807, 2.05) is 19.1 Å². The van der Waals surface area contributed by atoms with Crippen molar-refractivity contribution in [2.45, 2.75) is 58.2 Å². The monoisotopic (exact) mass is 504 g/mol. The summed E-state index contributed by atoms with van der Waals surface area (Å²) in [5.74, 6) is 1.44. The molecule has 0 bridgehead atoms. The molecule has 3 heterocycles. The Hall–Kier alpha value is -3.51. The normalized spacial score (nSPS) is 21.1. The minimum Gasteiger partial charge on any atom is -0.493 e. The van der Waals surface area contributed by atoms with E-state index in [4.69, 9.17) is 4.74 Å². The number of pyridine rings is 1. The number of hydrogen-bond acceptors (Lipinski definition) is 7. The summed E-state index contributed by atoms with van der Waals surface area (Å²) in [6.07, 6.45) is 3.23. The summed E-state index contributed by atoms with van der Waals surface area (Å²) in [6.45, 7) is 8.17. The highest BCUT2D eigenvalue weighted by Crippen LogP contribution is 2.35. The summed E-state index contributed by atoms with van der Waals surface area (Å²) in [6, 6.07) is 10.6. The van der Waals surface area contributed by atoms with Crippen LogP contribution in [-0.2, 0) is 7.05 Å². The molecule has 2 aliphatic rings. The standard InChI is InChI=1S/C28H33FN6O2/c1-5-21-15-34(27-26-25(33(4)28(36)32-27)11-8-20(13-30)31-26)17(2)14-35(21)18(3)23-10-9-22(12-24(23)29)37-16-19-6-7-19/h8-12,17-19,21H,5-7,14-16H2,1-4H3/t17-,18?,21?/m0/s1. The maximum absolute atomic E-state index is 15.2. The summed E-state index contributed by atoms with van der Waals surface area (Å²) < 4.78 is 22.4. The number of aromatic nitrogens is 3. The van der Waals surface area contributed by atoms with Crippen molar-refractivity contribution in [2.24, 2.45) is 13.0 Å². The van der Waals surface area contributed by atoms with Gasteiger partial charge in [0.25, 0.3) is 0 Å². The third-order valence-electron chi connectivity index (χ3n) is 7.78. The molecular weight excluding hydrogens is 471 g/mol. The third-order valence-corrected chi connectivity index (χ3v) is 7.78. The lowest BCUT2D eigenvalue weighted by molar-refractivity contribution is 0.104. The molecule has 1 saturated heterocycles. The topological polar surface area (TPSA) is 87.3 Å². The second-order valence-corrected chi connectivity index (χ2v) is 10.3. The van der Waals surface area contributed by atoms with Crippen LogP contribution < -0.4 is 15.3 Å². The van der Waals surface area contributed by atoms with E-state index < -0.39 is 0 Å². The molecule has 1 aromatic carbocycles. The first-order valence-electron chi connectivity index (χ1n) is 13.0. The number of piperazine rings is 1. The lowest BCUT2D eigenvalue weighted by Crippen LogP contribution is -2.58. The van der Waals surface area contributed by atoms with Gasteiger partial charge in [0.1, 0.15) is 28.8 Å². The van der Waals surface area contributed by atoms with Crippen LogP contribution in [0.15, 0.2) is 35.1 Å². The number of nitriles is 1. The van der Waals surface area contributed by atoms with Gasteiger partial charge >= 0.3 is 5.69 Å². The first-order valence-corrected chi connectivity index (χ1v) is 13.0. The van der Waals surface area contributed by atoms with Gasteiger partial charge in [-0.2, -0.15) is 10.2 Å². The van der Waals surface area contributed by atoms with Crippen molar-refractivity contribution in [3.05, 3.63) is 57.9 Å². The van der Waals surface area contributed by atoms with E-state index in [-0.39, 0.29) is 35.3 Å². The number of halogens is 1. The molecule has 3 aromatic rings. The van der Waals surface area contributed by atoms with E-state index in [2.05, 4.69) is 39.7 Å². The van der Waals surface area contributed by atoms with E-state index in [0.29, 0.717) is 53.8 Å². The molecule has 0 amide bonds. The van der Waals surface area contributed by atoms with Gasteiger partial charge in [-0.1, -0.05) is 13.0 Å². The quantitative estimate of drug-likeness (QED) is 0.477. The Labute approximate surface area is 216 Å². The number of anilines is 1. The zero-order valence-corrected chi connectivity index (χ0v) is 21.8. The van der Waals surface area contributed by atoms with Gasteiger partial charge in [0.05, 0.1) is 12.1 Å². The number of benzene rings is 1. The van der Waals surface area contributed by atoms with Gasteiger partial charge in [-0.05, 0) is 57.2 Å². The van der Waals surface area contributed by atoms with Crippen LogP contribution in [-0.4, -0.2) is 51.2 Å². The fourth-order valence-corrected chi connectivity index (χ4v) is 5.28. The first kappa shape index (κ1) is 25.2. The number of nitrogens with zero attached hydrogens (tertiary/aromatic N) is 6. The molecule has 9 heteroatoms. The summed E-state index contributed by atoms with van der Waals surface area (Å²) >= 11 is 0. The number of ether oxygens (including phenoxy) is 1. The number of hydrogen-bond donors (Lipinski definition) is 0. The number of aryl methyl sites for hydroxylation is 1. The molecule has 1 aliphatic carbocycles. The highest BCUT2D eigenvalue weighted by molar-refractivity contribution is 5.86. The van der Waals surface area contributed by atoms with Crippen molar-refractivity contribution >= 4 is 16.9 Å². The first-order chi connectivity index (χ1) is 17.8.